The highest BCUT2D eigenvalue weighted by Crippen LogP contribution is 2.38. The highest BCUT2D eigenvalue weighted by atomic mass is 16.5. The van der Waals surface area contributed by atoms with E-state index in [2.05, 4.69) is 23.5 Å². The number of rotatable bonds is 6. The fourth-order valence-corrected chi connectivity index (χ4v) is 3.35. The molecule has 0 radical (unpaired) electrons. The normalized spacial score (nSPS) is 14.1. The lowest BCUT2D eigenvalue weighted by molar-refractivity contribution is -0.140. The lowest BCUT2D eigenvalue weighted by Crippen LogP contribution is -2.45. The van der Waals surface area contributed by atoms with E-state index in [1.54, 1.807) is 6.92 Å². The minimum Gasteiger partial charge on any atom is -0.480 e. The quantitative estimate of drug-likeness (QED) is 0.703. The molecular weight excluding hydrogens is 330 g/mol. The minimum atomic E-state index is -1.05. The van der Waals surface area contributed by atoms with Crippen molar-refractivity contribution in [3.8, 4) is 11.1 Å². The molecule has 0 bridgehead atoms. The van der Waals surface area contributed by atoms with E-state index >= 15 is 0 Å². The van der Waals surface area contributed by atoms with Crippen molar-refractivity contribution in [1.82, 2.24) is 5.32 Å². The van der Waals surface area contributed by atoms with Gasteiger partial charge in [0.2, 0.25) is 0 Å². The molecule has 0 spiro atoms. The van der Waals surface area contributed by atoms with Crippen LogP contribution in [0.15, 0.2) is 42.5 Å². The summed E-state index contributed by atoms with van der Waals surface area (Å²) in [6.07, 6.45) is 0.768. The van der Waals surface area contributed by atoms with Crippen molar-refractivity contribution in [1.29, 1.82) is 0 Å². The number of amides is 1. The first-order valence-corrected chi connectivity index (χ1v) is 8.86. The Kier molecular flexibility index (Phi) is 5.26. The van der Waals surface area contributed by atoms with Crippen LogP contribution in [-0.2, 0) is 22.6 Å². The number of carboxylic acids is 1. The van der Waals surface area contributed by atoms with Crippen LogP contribution in [0.2, 0.25) is 0 Å². The van der Waals surface area contributed by atoms with Gasteiger partial charge in [0, 0.05) is 0 Å². The summed E-state index contributed by atoms with van der Waals surface area (Å²) < 4.78 is 5.31. The van der Waals surface area contributed by atoms with Crippen molar-refractivity contribution in [2.75, 3.05) is 0 Å². The van der Waals surface area contributed by atoms with E-state index in [1.165, 1.54) is 22.3 Å². The molecule has 2 aromatic rings. The number of aliphatic carboxylic acids is 1. The molecule has 5 heteroatoms. The number of alkyl carbamates (subject to hydrolysis) is 1. The Hall–Kier alpha value is -2.82. The number of carboxylic acid groups (broad SMARTS) is 1. The number of ether oxygens (including phenoxy) is 1. The molecule has 3 rings (SSSR count). The van der Waals surface area contributed by atoms with Crippen LogP contribution >= 0.6 is 0 Å². The van der Waals surface area contributed by atoms with E-state index in [9.17, 15) is 14.7 Å². The van der Waals surface area contributed by atoms with Gasteiger partial charge in [0.05, 0.1) is 0 Å². The summed E-state index contributed by atoms with van der Waals surface area (Å²) >= 11 is 0. The van der Waals surface area contributed by atoms with Gasteiger partial charge < -0.3 is 15.2 Å². The molecule has 26 heavy (non-hydrogen) atoms. The van der Waals surface area contributed by atoms with Gasteiger partial charge in [0.25, 0.3) is 0 Å². The summed E-state index contributed by atoms with van der Waals surface area (Å²) in [6.45, 7) is 3.80. The maximum atomic E-state index is 12.1. The van der Waals surface area contributed by atoms with Gasteiger partial charge in [-0.1, -0.05) is 62.7 Å². The Morgan fingerprint density at radius 2 is 1.88 bits per heavy atom. The molecule has 1 aliphatic carbocycles. The summed E-state index contributed by atoms with van der Waals surface area (Å²) in [7, 11) is 0. The third-order valence-corrected chi connectivity index (χ3v) is 5.06. The van der Waals surface area contributed by atoms with Crippen molar-refractivity contribution in [3.63, 3.8) is 0 Å². The molecule has 0 saturated carbocycles. The fourth-order valence-electron chi connectivity index (χ4n) is 3.35. The average molecular weight is 353 g/mol. The van der Waals surface area contributed by atoms with E-state index in [0.717, 1.165) is 12.0 Å². The van der Waals surface area contributed by atoms with Crippen molar-refractivity contribution >= 4 is 12.1 Å². The van der Waals surface area contributed by atoms with E-state index in [-0.39, 0.29) is 12.5 Å². The minimum absolute atomic E-state index is 0.121. The topological polar surface area (TPSA) is 75.6 Å². The first-order valence-electron chi connectivity index (χ1n) is 8.86. The predicted octanol–water partition coefficient (Wildman–Crippen LogP) is 3.98. The van der Waals surface area contributed by atoms with Crippen LogP contribution in [0.5, 0.6) is 0 Å². The highest BCUT2D eigenvalue weighted by Gasteiger charge is 2.26. The summed E-state index contributed by atoms with van der Waals surface area (Å²) in [6, 6.07) is 13.3. The number of benzene rings is 2. The van der Waals surface area contributed by atoms with Crippen molar-refractivity contribution in [2.24, 2.45) is 5.92 Å². The van der Waals surface area contributed by atoms with Crippen LogP contribution < -0.4 is 5.32 Å². The maximum absolute atomic E-state index is 12.1. The van der Waals surface area contributed by atoms with Gasteiger partial charge >= 0.3 is 12.1 Å². The number of fused-ring (bicyclic) bond motifs is 3. The molecule has 2 aromatic carbocycles. The summed E-state index contributed by atoms with van der Waals surface area (Å²) in [5, 5.41) is 11.7. The average Bonchev–Trinajstić information content (AvgIpc) is 3.03. The molecule has 2 atom stereocenters. The van der Waals surface area contributed by atoms with Gasteiger partial charge in [-0.15, -0.1) is 0 Å². The van der Waals surface area contributed by atoms with E-state index in [4.69, 9.17) is 4.74 Å². The molecule has 1 aliphatic rings. The molecule has 0 fully saturated rings. The first-order chi connectivity index (χ1) is 12.5. The van der Waals surface area contributed by atoms with Gasteiger partial charge in [-0.25, -0.2) is 9.59 Å². The number of carbonyl (C=O) groups is 2. The zero-order chi connectivity index (χ0) is 18.7. The SMILES string of the molecule is CCC(C)[C@@H](NC(=O)OCc1cccc2c1Cc1ccccc1-2)C(=O)O. The Morgan fingerprint density at radius 3 is 2.62 bits per heavy atom. The Labute approximate surface area is 153 Å². The van der Waals surface area contributed by atoms with Gasteiger partial charge in [-0.2, -0.15) is 0 Å². The maximum Gasteiger partial charge on any atom is 0.408 e. The monoisotopic (exact) mass is 353 g/mol. The van der Waals surface area contributed by atoms with Crippen LogP contribution in [0.4, 0.5) is 4.79 Å². The summed E-state index contributed by atoms with van der Waals surface area (Å²) in [5.74, 6) is -1.22. The molecule has 0 aliphatic heterocycles. The van der Waals surface area contributed by atoms with Crippen LogP contribution in [0.25, 0.3) is 11.1 Å². The molecule has 0 aromatic heterocycles. The lowest BCUT2D eigenvalue weighted by atomic mass is 10.00. The second-order valence-corrected chi connectivity index (χ2v) is 6.70. The van der Waals surface area contributed by atoms with Crippen molar-refractivity contribution < 1.29 is 19.4 Å². The second-order valence-electron chi connectivity index (χ2n) is 6.70. The van der Waals surface area contributed by atoms with Crippen LogP contribution in [0.3, 0.4) is 0 Å². The van der Waals surface area contributed by atoms with E-state index < -0.39 is 18.1 Å². The largest absolute Gasteiger partial charge is 0.480 e. The van der Waals surface area contributed by atoms with E-state index in [0.29, 0.717) is 6.42 Å². The predicted molar refractivity (Wildman–Crippen MR) is 98.9 cm³/mol. The number of hydrogen-bond donors (Lipinski definition) is 2. The van der Waals surface area contributed by atoms with Gasteiger partial charge in [0.15, 0.2) is 0 Å². The van der Waals surface area contributed by atoms with Gasteiger partial charge in [-0.05, 0) is 40.2 Å². The molecule has 136 valence electrons. The fraction of sp³-hybridized carbons (Fsp3) is 0.333. The lowest BCUT2D eigenvalue weighted by Gasteiger charge is -2.20. The number of nitrogens with one attached hydrogen (secondary N) is 1. The van der Waals surface area contributed by atoms with Gasteiger partial charge in [0.1, 0.15) is 12.6 Å². The second kappa shape index (κ2) is 7.60. The highest BCUT2D eigenvalue weighted by molar-refractivity contribution is 5.80. The Bertz CT molecular complexity index is 831. The molecule has 5 nitrogen and oxygen atoms in total. The summed E-state index contributed by atoms with van der Waals surface area (Å²) in [4.78, 5) is 23.4. The smallest absolute Gasteiger partial charge is 0.408 e. The standard InChI is InChI=1S/C21H23NO4/c1-3-13(2)19(20(23)24)22-21(25)26-12-15-8-6-10-17-16-9-5-4-7-14(16)11-18(15)17/h4-10,13,19H,3,11-12H2,1-2H3,(H,22,25)(H,23,24)/t13?,19-/m1/s1. The number of hydrogen-bond acceptors (Lipinski definition) is 3. The van der Waals surface area contributed by atoms with Crippen LogP contribution in [0, 0.1) is 5.92 Å². The zero-order valence-corrected chi connectivity index (χ0v) is 15.0. The third kappa shape index (κ3) is 3.57. The Balaban J connectivity index is 1.68. The molecule has 1 unspecified atom stereocenters. The van der Waals surface area contributed by atoms with Crippen LogP contribution in [-0.4, -0.2) is 23.2 Å². The van der Waals surface area contributed by atoms with Crippen molar-refractivity contribution in [3.05, 3.63) is 59.2 Å². The summed E-state index contributed by atoms with van der Waals surface area (Å²) in [5.41, 5.74) is 5.77. The van der Waals surface area contributed by atoms with E-state index in [1.807, 2.05) is 31.2 Å². The first kappa shape index (κ1) is 18.0. The molecule has 2 N–H and O–H groups in total. The molecule has 0 heterocycles. The molecule has 0 saturated heterocycles. The molecule has 1 amide bonds. The Morgan fingerprint density at radius 1 is 1.15 bits per heavy atom. The molecular formula is C21H23NO4. The zero-order valence-electron chi connectivity index (χ0n) is 15.0. The number of carbonyl (C=O) groups excluding carboxylic acids is 1. The van der Waals surface area contributed by atoms with Crippen LogP contribution in [0.1, 0.15) is 37.0 Å². The van der Waals surface area contributed by atoms with Crippen molar-refractivity contribution in [2.45, 2.75) is 39.3 Å². The van der Waals surface area contributed by atoms with Gasteiger partial charge in [-0.3, -0.25) is 0 Å². The third-order valence-electron chi connectivity index (χ3n) is 5.06.